The lowest BCUT2D eigenvalue weighted by atomic mass is 10.1. The summed E-state index contributed by atoms with van der Waals surface area (Å²) in [5.74, 6) is -2.77. The Morgan fingerprint density at radius 3 is 2.32 bits per heavy atom. The van der Waals surface area contributed by atoms with Crippen LogP contribution >= 0.6 is 11.6 Å². The van der Waals surface area contributed by atoms with Crippen molar-refractivity contribution in [3.05, 3.63) is 64.7 Å². The van der Waals surface area contributed by atoms with Crippen LogP contribution in [0.4, 0.5) is 14.5 Å². The number of halogens is 3. The van der Waals surface area contributed by atoms with Gasteiger partial charge in [-0.25, -0.2) is 17.2 Å². The van der Waals surface area contributed by atoms with Crippen molar-refractivity contribution in [3.8, 4) is 0 Å². The van der Waals surface area contributed by atoms with Crippen molar-refractivity contribution >= 4 is 39.1 Å². The molecule has 1 aliphatic carbocycles. The molecular weight excluding hydrogens is 536 g/mol. The molecule has 1 unspecified atom stereocenters. The minimum atomic E-state index is -3.82. The maximum absolute atomic E-state index is 13.8. The number of rotatable bonds is 12. The van der Waals surface area contributed by atoms with E-state index in [1.54, 1.807) is 24.3 Å². The fourth-order valence-corrected chi connectivity index (χ4v) is 5.80. The monoisotopic (exact) mass is 569 g/mol. The number of carbonyl (C=O) groups is 2. The molecule has 2 amide bonds. The summed E-state index contributed by atoms with van der Waals surface area (Å²) in [6.45, 7) is 1.91. The van der Waals surface area contributed by atoms with Crippen LogP contribution in [-0.4, -0.2) is 50.0 Å². The van der Waals surface area contributed by atoms with Crippen LogP contribution in [0.25, 0.3) is 0 Å². The number of benzene rings is 2. The summed E-state index contributed by atoms with van der Waals surface area (Å²) in [5, 5.41) is 3.63. The molecule has 208 valence electrons. The average molecular weight is 570 g/mol. The first kappa shape index (κ1) is 29.8. The SMILES string of the molecule is CCC(C(=O)NC1CCCC1)N(Cc1ccc(Cl)cc1)C(=O)CCCN(c1ccc(F)c(F)c1)S(C)(=O)=O. The highest BCUT2D eigenvalue weighted by atomic mass is 35.5. The van der Waals surface area contributed by atoms with Crippen LogP contribution in [-0.2, 0) is 26.2 Å². The van der Waals surface area contributed by atoms with Crippen LogP contribution in [0.1, 0.15) is 57.4 Å². The summed E-state index contributed by atoms with van der Waals surface area (Å²) < 4.78 is 52.8. The van der Waals surface area contributed by atoms with Gasteiger partial charge >= 0.3 is 0 Å². The van der Waals surface area contributed by atoms with Crippen LogP contribution in [0.15, 0.2) is 42.5 Å². The smallest absolute Gasteiger partial charge is 0.243 e. The van der Waals surface area contributed by atoms with Gasteiger partial charge in [0.1, 0.15) is 6.04 Å². The molecule has 1 saturated carbocycles. The van der Waals surface area contributed by atoms with Crippen molar-refractivity contribution in [1.29, 1.82) is 0 Å². The van der Waals surface area contributed by atoms with E-state index in [1.165, 1.54) is 11.0 Å². The fourth-order valence-electron chi connectivity index (χ4n) is 4.72. The second kappa shape index (κ2) is 13.4. The third-order valence-electron chi connectivity index (χ3n) is 6.70. The molecule has 3 rings (SSSR count). The molecule has 2 aromatic rings. The third kappa shape index (κ3) is 8.14. The summed E-state index contributed by atoms with van der Waals surface area (Å²) in [7, 11) is -3.82. The van der Waals surface area contributed by atoms with E-state index in [2.05, 4.69) is 5.32 Å². The van der Waals surface area contributed by atoms with Crippen molar-refractivity contribution in [2.24, 2.45) is 0 Å². The maximum Gasteiger partial charge on any atom is 0.243 e. The maximum atomic E-state index is 13.8. The number of hydrogen-bond donors (Lipinski definition) is 1. The lowest BCUT2D eigenvalue weighted by Gasteiger charge is -2.32. The highest BCUT2D eigenvalue weighted by Gasteiger charge is 2.30. The van der Waals surface area contributed by atoms with Gasteiger partial charge in [-0.2, -0.15) is 0 Å². The van der Waals surface area contributed by atoms with Crippen LogP contribution in [0, 0.1) is 11.6 Å². The topological polar surface area (TPSA) is 86.8 Å². The Bertz CT molecular complexity index is 1220. The first-order chi connectivity index (χ1) is 18.0. The molecule has 0 saturated heterocycles. The number of hydrogen-bond acceptors (Lipinski definition) is 4. The zero-order valence-corrected chi connectivity index (χ0v) is 23.2. The van der Waals surface area contributed by atoms with Gasteiger partial charge in [-0.3, -0.25) is 13.9 Å². The molecule has 0 bridgehead atoms. The van der Waals surface area contributed by atoms with Crippen LogP contribution in [0.3, 0.4) is 0 Å². The Balaban J connectivity index is 1.76. The van der Waals surface area contributed by atoms with Gasteiger partial charge in [0.05, 0.1) is 11.9 Å². The van der Waals surface area contributed by atoms with E-state index in [0.29, 0.717) is 11.4 Å². The Morgan fingerprint density at radius 1 is 1.08 bits per heavy atom. The molecule has 2 aromatic carbocycles. The number of carbonyl (C=O) groups excluding carboxylic acids is 2. The first-order valence-corrected chi connectivity index (χ1v) is 15.0. The Kier molecular flexibility index (Phi) is 10.5. The summed E-state index contributed by atoms with van der Waals surface area (Å²) in [6, 6.07) is 9.25. The molecular formula is C27H34ClF2N3O4S. The van der Waals surface area contributed by atoms with E-state index in [0.717, 1.165) is 53.9 Å². The van der Waals surface area contributed by atoms with Gasteiger partial charge in [-0.15, -0.1) is 0 Å². The molecule has 1 atom stereocenters. The van der Waals surface area contributed by atoms with Crippen molar-refractivity contribution in [1.82, 2.24) is 10.2 Å². The number of nitrogens with zero attached hydrogens (tertiary/aromatic N) is 2. The number of amides is 2. The first-order valence-electron chi connectivity index (χ1n) is 12.8. The molecule has 38 heavy (non-hydrogen) atoms. The van der Waals surface area contributed by atoms with Crippen LogP contribution in [0.2, 0.25) is 5.02 Å². The standard InChI is InChI=1S/C27H34ClF2N3O4S/c1-3-25(27(35)31-21-7-4-5-8-21)32(18-19-10-12-20(28)13-11-19)26(34)9-6-16-33(38(2,36)37)22-14-15-23(29)24(30)17-22/h10-15,17,21,25H,3-9,16,18H2,1-2H3,(H,31,35). The summed E-state index contributed by atoms with van der Waals surface area (Å²) in [4.78, 5) is 28.2. The zero-order chi connectivity index (χ0) is 27.9. The van der Waals surface area contributed by atoms with Crippen LogP contribution < -0.4 is 9.62 Å². The van der Waals surface area contributed by atoms with E-state index in [4.69, 9.17) is 11.6 Å². The van der Waals surface area contributed by atoms with Crippen molar-refractivity contribution < 1.29 is 26.8 Å². The van der Waals surface area contributed by atoms with E-state index < -0.39 is 27.7 Å². The minimum Gasteiger partial charge on any atom is -0.352 e. The van der Waals surface area contributed by atoms with Gasteiger partial charge in [0.2, 0.25) is 21.8 Å². The van der Waals surface area contributed by atoms with Crippen molar-refractivity contribution in [2.75, 3.05) is 17.1 Å². The second-order valence-electron chi connectivity index (χ2n) is 9.60. The Morgan fingerprint density at radius 2 is 1.74 bits per heavy atom. The molecule has 0 aromatic heterocycles. The number of sulfonamides is 1. The average Bonchev–Trinajstić information content (AvgIpc) is 3.37. The van der Waals surface area contributed by atoms with Crippen molar-refractivity contribution in [2.45, 2.75) is 70.5 Å². The molecule has 7 nitrogen and oxygen atoms in total. The molecule has 0 spiro atoms. The quantitative estimate of drug-likeness (QED) is 0.388. The van der Waals surface area contributed by atoms with Crippen LogP contribution in [0.5, 0.6) is 0 Å². The van der Waals surface area contributed by atoms with E-state index in [9.17, 15) is 26.8 Å². The molecule has 1 fully saturated rings. The Labute approximate surface area is 228 Å². The highest BCUT2D eigenvalue weighted by Crippen LogP contribution is 2.23. The fraction of sp³-hybridized carbons (Fsp3) is 0.481. The second-order valence-corrected chi connectivity index (χ2v) is 11.9. The molecule has 0 radical (unpaired) electrons. The highest BCUT2D eigenvalue weighted by molar-refractivity contribution is 7.92. The van der Waals surface area contributed by atoms with Crippen molar-refractivity contribution in [3.63, 3.8) is 0 Å². The Hall–Kier alpha value is -2.72. The van der Waals surface area contributed by atoms with Gasteiger partial charge in [-0.05, 0) is 55.5 Å². The van der Waals surface area contributed by atoms with Gasteiger partial charge in [0.15, 0.2) is 11.6 Å². The zero-order valence-electron chi connectivity index (χ0n) is 21.6. The molecule has 1 N–H and O–H groups in total. The lowest BCUT2D eigenvalue weighted by molar-refractivity contribution is -0.141. The lowest BCUT2D eigenvalue weighted by Crippen LogP contribution is -2.51. The molecule has 1 aliphatic rings. The minimum absolute atomic E-state index is 0.0285. The molecule has 0 heterocycles. The van der Waals surface area contributed by atoms with E-state index in [1.807, 2.05) is 6.92 Å². The van der Waals surface area contributed by atoms with Gasteiger partial charge in [0.25, 0.3) is 0 Å². The molecule has 0 aliphatic heterocycles. The predicted molar refractivity (Wildman–Crippen MR) is 144 cm³/mol. The molecule has 11 heteroatoms. The third-order valence-corrected chi connectivity index (χ3v) is 8.14. The number of nitrogens with one attached hydrogen (secondary N) is 1. The van der Waals surface area contributed by atoms with E-state index in [-0.39, 0.29) is 49.5 Å². The normalized spacial score (nSPS) is 14.8. The van der Waals surface area contributed by atoms with Gasteiger partial charge in [0, 0.05) is 36.6 Å². The van der Waals surface area contributed by atoms with Gasteiger partial charge < -0.3 is 10.2 Å². The largest absolute Gasteiger partial charge is 0.352 e. The predicted octanol–water partition coefficient (Wildman–Crippen LogP) is 5.03. The summed E-state index contributed by atoms with van der Waals surface area (Å²) in [5.41, 5.74) is 0.772. The van der Waals surface area contributed by atoms with E-state index >= 15 is 0 Å². The summed E-state index contributed by atoms with van der Waals surface area (Å²) in [6.07, 6.45) is 5.38. The van der Waals surface area contributed by atoms with Gasteiger partial charge in [-0.1, -0.05) is 43.5 Å². The number of anilines is 1. The summed E-state index contributed by atoms with van der Waals surface area (Å²) >= 11 is 6.01.